The Hall–Kier alpha value is -2.53. The van der Waals surface area contributed by atoms with Crippen LogP contribution >= 0.6 is 0 Å². The number of carbonyl (C=O) groups is 1. The van der Waals surface area contributed by atoms with E-state index in [9.17, 15) is 4.79 Å². The minimum Gasteiger partial charge on any atom is -0.478 e. The molecule has 1 spiro atoms. The lowest BCUT2D eigenvalue weighted by molar-refractivity contribution is -0.131. The van der Waals surface area contributed by atoms with Crippen LogP contribution in [0.3, 0.4) is 0 Å². The van der Waals surface area contributed by atoms with Gasteiger partial charge in [0.05, 0.1) is 5.69 Å². The molecule has 5 heteroatoms. The van der Waals surface area contributed by atoms with Crippen molar-refractivity contribution >= 4 is 12.0 Å². The standard InChI is InChI=1S/C23H25N3O2/c24-17-6-8-22(9-7-17)20-12-23(20,22)11-18-2-1-3-19(26-18)16-10-15(13-25-14-16)4-5-21(27)28/h1-5,10,13-14,17,20H,6-9,11-12,24H2,(H,27,28)/b5-4+. The Kier molecular flexibility index (Phi) is 3.91. The van der Waals surface area contributed by atoms with Gasteiger partial charge >= 0.3 is 5.97 Å². The Morgan fingerprint density at radius 3 is 2.86 bits per heavy atom. The van der Waals surface area contributed by atoms with Gasteiger partial charge in [0, 0.05) is 35.8 Å². The fourth-order valence-electron chi connectivity index (χ4n) is 5.70. The van der Waals surface area contributed by atoms with Crippen LogP contribution in [0.1, 0.15) is 43.4 Å². The first kappa shape index (κ1) is 17.6. The van der Waals surface area contributed by atoms with Crippen molar-refractivity contribution in [3.63, 3.8) is 0 Å². The highest BCUT2D eigenvalue weighted by Gasteiger charge is 2.86. The minimum absolute atomic E-state index is 0.402. The van der Waals surface area contributed by atoms with Crippen LogP contribution in [0, 0.1) is 16.7 Å². The molecular weight excluding hydrogens is 350 g/mol. The molecule has 3 aliphatic carbocycles. The molecule has 0 bridgehead atoms. The van der Waals surface area contributed by atoms with Crippen LogP contribution in [0.4, 0.5) is 0 Å². The van der Waals surface area contributed by atoms with Crippen molar-refractivity contribution in [3.05, 3.63) is 54.0 Å². The number of hydrogen-bond donors (Lipinski definition) is 2. The molecule has 0 saturated heterocycles. The molecule has 3 N–H and O–H groups in total. The molecule has 3 fully saturated rings. The predicted molar refractivity (Wildman–Crippen MR) is 107 cm³/mol. The average Bonchev–Trinajstić information content (AvgIpc) is 3.56. The van der Waals surface area contributed by atoms with Crippen molar-refractivity contribution in [1.29, 1.82) is 0 Å². The second-order valence-corrected chi connectivity index (χ2v) is 8.78. The topological polar surface area (TPSA) is 89.1 Å². The molecular formula is C23H25N3O2. The van der Waals surface area contributed by atoms with Crippen LogP contribution in [0.2, 0.25) is 0 Å². The smallest absolute Gasteiger partial charge is 0.328 e. The molecule has 2 atom stereocenters. The Balaban J connectivity index is 1.34. The molecule has 3 aliphatic rings. The molecule has 2 aromatic rings. The van der Waals surface area contributed by atoms with E-state index in [0.717, 1.165) is 40.9 Å². The van der Waals surface area contributed by atoms with E-state index in [1.165, 1.54) is 32.1 Å². The van der Waals surface area contributed by atoms with Crippen LogP contribution in [0.5, 0.6) is 0 Å². The highest BCUT2D eigenvalue weighted by atomic mass is 16.4. The molecule has 2 heterocycles. The summed E-state index contributed by atoms with van der Waals surface area (Å²) >= 11 is 0. The minimum atomic E-state index is -0.967. The summed E-state index contributed by atoms with van der Waals surface area (Å²) in [6.07, 6.45) is 13.5. The van der Waals surface area contributed by atoms with Crippen LogP contribution in [0.15, 0.2) is 42.7 Å². The van der Waals surface area contributed by atoms with E-state index >= 15 is 0 Å². The maximum atomic E-state index is 10.7. The third kappa shape index (κ3) is 2.76. The summed E-state index contributed by atoms with van der Waals surface area (Å²) in [7, 11) is 0. The molecule has 5 rings (SSSR count). The second kappa shape index (κ2) is 6.24. The number of rotatable bonds is 5. The summed E-state index contributed by atoms with van der Waals surface area (Å²) < 4.78 is 0. The molecule has 28 heavy (non-hydrogen) atoms. The van der Waals surface area contributed by atoms with E-state index in [1.54, 1.807) is 18.5 Å². The zero-order valence-electron chi connectivity index (χ0n) is 15.8. The third-order valence-corrected chi connectivity index (χ3v) is 7.35. The zero-order valence-corrected chi connectivity index (χ0v) is 15.8. The van der Waals surface area contributed by atoms with Crippen LogP contribution in [-0.4, -0.2) is 27.1 Å². The maximum absolute atomic E-state index is 10.7. The van der Waals surface area contributed by atoms with Crippen molar-refractivity contribution in [3.8, 4) is 11.3 Å². The molecule has 3 saturated carbocycles. The van der Waals surface area contributed by atoms with Gasteiger partial charge in [0.2, 0.25) is 0 Å². The summed E-state index contributed by atoms with van der Waals surface area (Å²) in [6.45, 7) is 0. The number of carboxylic acid groups (broad SMARTS) is 1. The Morgan fingerprint density at radius 1 is 1.29 bits per heavy atom. The molecule has 5 nitrogen and oxygen atoms in total. The fourth-order valence-corrected chi connectivity index (χ4v) is 5.70. The molecule has 0 aromatic carbocycles. The summed E-state index contributed by atoms with van der Waals surface area (Å²) in [4.78, 5) is 19.9. The number of hydrogen-bond acceptors (Lipinski definition) is 4. The molecule has 2 unspecified atom stereocenters. The van der Waals surface area contributed by atoms with Crippen LogP contribution in [0.25, 0.3) is 17.3 Å². The van der Waals surface area contributed by atoms with Crippen molar-refractivity contribution in [1.82, 2.24) is 9.97 Å². The van der Waals surface area contributed by atoms with Gasteiger partial charge in [-0.05, 0) is 85.1 Å². The lowest BCUT2D eigenvalue weighted by Gasteiger charge is -2.34. The number of carboxylic acids is 1. The highest BCUT2D eigenvalue weighted by molar-refractivity contribution is 5.85. The SMILES string of the molecule is NC1CCC2(CC1)C1CC12Cc1cccc(-c2cncc(/C=C/C(=O)O)c2)n1. The predicted octanol–water partition coefficient (Wildman–Crippen LogP) is 3.69. The lowest BCUT2D eigenvalue weighted by Crippen LogP contribution is -2.32. The van der Waals surface area contributed by atoms with Crippen LogP contribution < -0.4 is 5.73 Å². The van der Waals surface area contributed by atoms with Crippen LogP contribution in [-0.2, 0) is 11.2 Å². The van der Waals surface area contributed by atoms with Gasteiger partial charge in [-0.1, -0.05) is 6.07 Å². The van der Waals surface area contributed by atoms with Crippen molar-refractivity contribution in [2.75, 3.05) is 0 Å². The molecule has 0 radical (unpaired) electrons. The van der Waals surface area contributed by atoms with E-state index in [0.29, 0.717) is 16.9 Å². The maximum Gasteiger partial charge on any atom is 0.328 e. The average molecular weight is 375 g/mol. The summed E-state index contributed by atoms with van der Waals surface area (Å²) in [5.41, 5.74) is 10.9. The number of nitrogens with two attached hydrogens (primary N) is 1. The Labute approximate surface area is 164 Å². The van der Waals surface area contributed by atoms with Gasteiger partial charge in [0.1, 0.15) is 0 Å². The molecule has 144 valence electrons. The first-order valence-electron chi connectivity index (χ1n) is 10.1. The summed E-state index contributed by atoms with van der Waals surface area (Å²) in [6, 6.07) is 8.53. The number of nitrogens with zero attached hydrogens (tertiary/aromatic N) is 2. The summed E-state index contributed by atoms with van der Waals surface area (Å²) in [5, 5.41) is 8.81. The molecule has 0 aliphatic heterocycles. The van der Waals surface area contributed by atoms with Gasteiger partial charge in [0.15, 0.2) is 0 Å². The Bertz CT molecular complexity index is 962. The largest absolute Gasteiger partial charge is 0.478 e. The van der Waals surface area contributed by atoms with Gasteiger partial charge in [-0.3, -0.25) is 9.97 Å². The van der Waals surface area contributed by atoms with Crippen molar-refractivity contribution in [2.45, 2.75) is 44.6 Å². The van der Waals surface area contributed by atoms with Gasteiger partial charge < -0.3 is 10.8 Å². The molecule has 2 aromatic heterocycles. The van der Waals surface area contributed by atoms with Crippen molar-refractivity contribution in [2.24, 2.45) is 22.5 Å². The monoisotopic (exact) mass is 375 g/mol. The Morgan fingerprint density at radius 2 is 2.11 bits per heavy atom. The van der Waals surface area contributed by atoms with E-state index in [4.69, 9.17) is 15.8 Å². The second-order valence-electron chi connectivity index (χ2n) is 8.78. The highest BCUT2D eigenvalue weighted by Crippen LogP contribution is 2.92. The van der Waals surface area contributed by atoms with Gasteiger partial charge in [0.25, 0.3) is 0 Å². The zero-order chi connectivity index (χ0) is 19.4. The first-order valence-corrected chi connectivity index (χ1v) is 10.1. The summed E-state index contributed by atoms with van der Waals surface area (Å²) in [5.74, 6) is -0.0742. The van der Waals surface area contributed by atoms with Gasteiger partial charge in [-0.15, -0.1) is 0 Å². The quantitative estimate of drug-likeness (QED) is 0.778. The van der Waals surface area contributed by atoms with Gasteiger partial charge in [-0.25, -0.2) is 4.79 Å². The first-order chi connectivity index (χ1) is 13.5. The van der Waals surface area contributed by atoms with E-state index in [-0.39, 0.29) is 0 Å². The number of pyridine rings is 2. The third-order valence-electron chi connectivity index (χ3n) is 7.35. The van der Waals surface area contributed by atoms with E-state index < -0.39 is 5.97 Å². The van der Waals surface area contributed by atoms with E-state index in [1.807, 2.05) is 12.1 Å². The normalized spacial score (nSPS) is 33.0. The fraction of sp³-hybridized carbons (Fsp3) is 0.435. The van der Waals surface area contributed by atoms with Gasteiger partial charge in [-0.2, -0.15) is 0 Å². The van der Waals surface area contributed by atoms with Crippen molar-refractivity contribution < 1.29 is 9.90 Å². The number of aliphatic carboxylic acids is 1. The number of aromatic nitrogens is 2. The van der Waals surface area contributed by atoms with E-state index in [2.05, 4.69) is 17.1 Å². The lowest BCUT2D eigenvalue weighted by atomic mass is 9.72. The number of fused-ring (bicyclic) bond motifs is 3. The molecule has 0 amide bonds.